The number of hydrogen-bond donors (Lipinski definition) is 2. The molecule has 0 saturated carbocycles. The normalized spacial score (nSPS) is 12.8. The molecular weight excluding hydrogens is 388 g/mol. The van der Waals surface area contributed by atoms with Gasteiger partial charge in [0.25, 0.3) is 0 Å². The first kappa shape index (κ1) is 17.6. The van der Waals surface area contributed by atoms with Crippen molar-refractivity contribution in [3.8, 4) is 11.5 Å². The fourth-order valence-electron chi connectivity index (χ4n) is 4.17. The van der Waals surface area contributed by atoms with Crippen LogP contribution in [0.15, 0.2) is 95.4 Å². The van der Waals surface area contributed by atoms with E-state index in [1.807, 2.05) is 91.0 Å². The highest BCUT2D eigenvalue weighted by Crippen LogP contribution is 2.42. The third-order valence-electron chi connectivity index (χ3n) is 5.59. The molecular formula is C26H18N2O3. The predicted molar refractivity (Wildman–Crippen MR) is 121 cm³/mol. The second kappa shape index (κ2) is 6.92. The number of furan rings is 1. The summed E-state index contributed by atoms with van der Waals surface area (Å²) in [4.78, 5) is 12.9. The van der Waals surface area contributed by atoms with Crippen molar-refractivity contribution in [1.29, 1.82) is 0 Å². The molecule has 0 unspecified atom stereocenters. The van der Waals surface area contributed by atoms with Crippen LogP contribution in [0.25, 0.3) is 21.9 Å². The molecule has 5 nitrogen and oxygen atoms in total. The number of fused-ring (bicyclic) bond motifs is 5. The Hall–Kier alpha value is -4.25. The van der Waals surface area contributed by atoms with Gasteiger partial charge in [-0.15, -0.1) is 0 Å². The zero-order valence-electron chi connectivity index (χ0n) is 16.5. The van der Waals surface area contributed by atoms with Crippen molar-refractivity contribution in [3.05, 3.63) is 102 Å². The zero-order valence-corrected chi connectivity index (χ0v) is 16.5. The fourth-order valence-corrected chi connectivity index (χ4v) is 4.17. The number of amides is 2. The Balaban J connectivity index is 1.30. The molecule has 1 aliphatic heterocycles. The number of hydrogen-bond acceptors (Lipinski definition) is 3. The molecule has 1 aliphatic rings. The van der Waals surface area contributed by atoms with Crippen LogP contribution in [-0.2, 0) is 0 Å². The summed E-state index contributed by atoms with van der Waals surface area (Å²) in [6, 6.07) is 28.5. The number of urea groups is 1. The first-order chi connectivity index (χ1) is 15.3. The molecule has 1 aromatic heterocycles. The number of rotatable bonds is 2. The van der Waals surface area contributed by atoms with E-state index < -0.39 is 0 Å². The Bertz CT molecular complexity index is 1410. The molecule has 6 rings (SSSR count). The molecule has 2 amide bonds. The lowest BCUT2D eigenvalue weighted by Crippen LogP contribution is -2.34. The van der Waals surface area contributed by atoms with E-state index in [9.17, 15) is 4.79 Å². The van der Waals surface area contributed by atoms with E-state index in [4.69, 9.17) is 9.15 Å². The van der Waals surface area contributed by atoms with Crippen molar-refractivity contribution in [2.45, 2.75) is 6.04 Å². The lowest BCUT2D eigenvalue weighted by Gasteiger charge is -2.28. The van der Waals surface area contributed by atoms with Gasteiger partial charge in [-0.1, -0.05) is 54.6 Å². The summed E-state index contributed by atoms with van der Waals surface area (Å²) >= 11 is 0. The largest absolute Gasteiger partial charge is 0.457 e. The first-order valence-electron chi connectivity index (χ1n) is 10.1. The van der Waals surface area contributed by atoms with Crippen LogP contribution >= 0.6 is 0 Å². The Labute approximate surface area is 178 Å². The van der Waals surface area contributed by atoms with Crippen molar-refractivity contribution in [2.24, 2.45) is 0 Å². The quantitative estimate of drug-likeness (QED) is 0.347. The van der Waals surface area contributed by atoms with Gasteiger partial charge in [-0.25, -0.2) is 4.79 Å². The lowest BCUT2D eigenvalue weighted by atomic mass is 9.95. The maximum Gasteiger partial charge on any atom is 0.319 e. The van der Waals surface area contributed by atoms with Crippen LogP contribution in [0.5, 0.6) is 11.5 Å². The van der Waals surface area contributed by atoms with E-state index in [1.54, 1.807) is 0 Å². The predicted octanol–water partition coefficient (Wildman–Crippen LogP) is 6.60. The minimum atomic E-state index is -0.309. The summed E-state index contributed by atoms with van der Waals surface area (Å²) in [5, 5.41) is 8.11. The van der Waals surface area contributed by atoms with Crippen LogP contribution < -0.4 is 15.4 Å². The van der Waals surface area contributed by atoms with Gasteiger partial charge in [0.2, 0.25) is 0 Å². The second-order valence-corrected chi connectivity index (χ2v) is 7.52. The lowest BCUT2D eigenvalue weighted by molar-refractivity contribution is 0.249. The number of benzene rings is 4. The van der Waals surface area contributed by atoms with Gasteiger partial charge in [0.1, 0.15) is 22.7 Å². The third-order valence-corrected chi connectivity index (χ3v) is 5.59. The van der Waals surface area contributed by atoms with Crippen molar-refractivity contribution in [2.75, 3.05) is 5.32 Å². The molecule has 5 aromatic rings. The van der Waals surface area contributed by atoms with Crippen LogP contribution in [-0.4, -0.2) is 6.03 Å². The number of carbonyl (C=O) groups is 1. The smallest absolute Gasteiger partial charge is 0.319 e. The summed E-state index contributed by atoms with van der Waals surface area (Å²) in [5.41, 5.74) is 4.07. The Morgan fingerprint density at radius 3 is 2.13 bits per heavy atom. The summed E-state index contributed by atoms with van der Waals surface area (Å²) < 4.78 is 11.9. The molecule has 2 heterocycles. The maximum absolute atomic E-state index is 12.9. The molecule has 0 atom stereocenters. The van der Waals surface area contributed by atoms with Gasteiger partial charge in [0.15, 0.2) is 0 Å². The van der Waals surface area contributed by atoms with Crippen LogP contribution in [0.4, 0.5) is 10.5 Å². The highest BCUT2D eigenvalue weighted by molar-refractivity contribution is 6.06. The number of anilines is 1. The van der Waals surface area contributed by atoms with Gasteiger partial charge in [-0.05, 0) is 30.3 Å². The summed E-state index contributed by atoms with van der Waals surface area (Å²) in [6.07, 6.45) is 0. The molecule has 4 aromatic carbocycles. The molecule has 31 heavy (non-hydrogen) atoms. The minimum Gasteiger partial charge on any atom is -0.457 e. The van der Waals surface area contributed by atoms with Crippen LogP contribution in [0.2, 0.25) is 0 Å². The highest BCUT2D eigenvalue weighted by atomic mass is 16.5. The fraction of sp³-hybridized carbons (Fsp3) is 0.0385. The van der Waals surface area contributed by atoms with Gasteiger partial charge in [0.05, 0.1) is 6.04 Å². The minimum absolute atomic E-state index is 0.299. The van der Waals surface area contributed by atoms with E-state index in [0.29, 0.717) is 5.69 Å². The van der Waals surface area contributed by atoms with Gasteiger partial charge in [0, 0.05) is 33.7 Å². The summed E-state index contributed by atoms with van der Waals surface area (Å²) in [5.74, 6) is 1.49. The number of para-hydroxylation sites is 3. The molecule has 2 N–H and O–H groups in total. The average molecular weight is 406 g/mol. The third kappa shape index (κ3) is 2.99. The molecule has 5 heteroatoms. The number of carbonyl (C=O) groups excluding carboxylic acids is 1. The Morgan fingerprint density at radius 1 is 0.710 bits per heavy atom. The average Bonchev–Trinajstić information content (AvgIpc) is 3.16. The Morgan fingerprint density at radius 2 is 1.35 bits per heavy atom. The van der Waals surface area contributed by atoms with E-state index in [2.05, 4.69) is 10.6 Å². The SMILES string of the molecule is O=C(Nc1ccc2c(c1)oc1ccccc12)NC1c2ccccc2Oc2ccccc21. The molecule has 0 bridgehead atoms. The van der Waals surface area contributed by atoms with Crippen LogP contribution in [0.3, 0.4) is 0 Å². The van der Waals surface area contributed by atoms with Crippen molar-refractivity contribution in [3.63, 3.8) is 0 Å². The van der Waals surface area contributed by atoms with E-state index >= 15 is 0 Å². The van der Waals surface area contributed by atoms with Crippen LogP contribution in [0.1, 0.15) is 17.2 Å². The molecule has 0 spiro atoms. The zero-order chi connectivity index (χ0) is 20.8. The van der Waals surface area contributed by atoms with E-state index in [1.165, 1.54) is 0 Å². The van der Waals surface area contributed by atoms with E-state index in [-0.39, 0.29) is 12.1 Å². The van der Waals surface area contributed by atoms with Crippen molar-refractivity contribution >= 4 is 33.7 Å². The maximum atomic E-state index is 12.9. The summed E-state index contributed by atoms with van der Waals surface area (Å²) in [7, 11) is 0. The van der Waals surface area contributed by atoms with Gasteiger partial charge < -0.3 is 19.8 Å². The summed E-state index contributed by atoms with van der Waals surface area (Å²) in [6.45, 7) is 0. The first-order valence-corrected chi connectivity index (χ1v) is 10.1. The molecule has 150 valence electrons. The van der Waals surface area contributed by atoms with Crippen molar-refractivity contribution < 1.29 is 13.9 Å². The molecule has 0 saturated heterocycles. The number of ether oxygens (including phenoxy) is 1. The van der Waals surface area contributed by atoms with Gasteiger partial charge in [-0.3, -0.25) is 0 Å². The van der Waals surface area contributed by atoms with Crippen molar-refractivity contribution in [1.82, 2.24) is 5.32 Å². The van der Waals surface area contributed by atoms with E-state index in [0.717, 1.165) is 44.6 Å². The van der Waals surface area contributed by atoms with Gasteiger partial charge in [-0.2, -0.15) is 0 Å². The van der Waals surface area contributed by atoms with Gasteiger partial charge >= 0.3 is 6.03 Å². The molecule has 0 fully saturated rings. The number of nitrogens with one attached hydrogen (secondary N) is 2. The topological polar surface area (TPSA) is 63.5 Å². The van der Waals surface area contributed by atoms with Crippen LogP contribution in [0, 0.1) is 0 Å². The highest BCUT2D eigenvalue weighted by Gasteiger charge is 2.28. The molecule has 0 aliphatic carbocycles. The molecule has 0 radical (unpaired) electrons. The standard InChI is InChI=1S/C26H18N2O3/c29-26(27-16-13-14-18-17-7-1-4-10-21(17)31-24(18)15-16)28-25-19-8-2-5-11-22(19)30-23-12-6-3-9-20(23)25/h1-15,25H,(H2,27,28,29). The Kier molecular flexibility index (Phi) is 3.93. The monoisotopic (exact) mass is 406 g/mol. The second-order valence-electron chi connectivity index (χ2n) is 7.52.